The number of anilines is 1. The summed E-state index contributed by atoms with van der Waals surface area (Å²) in [6, 6.07) is 6.15. The molecule has 158 valence electrons. The van der Waals surface area contributed by atoms with Crippen LogP contribution in [-0.2, 0) is 4.79 Å². The quantitative estimate of drug-likeness (QED) is 0.749. The van der Waals surface area contributed by atoms with Gasteiger partial charge in [-0.25, -0.2) is 0 Å². The Balaban J connectivity index is 0.00000140. The van der Waals surface area contributed by atoms with Crippen molar-refractivity contribution in [3.63, 3.8) is 0 Å². The maximum Gasteiger partial charge on any atom is 0.223 e. The first-order valence-corrected chi connectivity index (χ1v) is 9.63. The summed E-state index contributed by atoms with van der Waals surface area (Å²) in [4.78, 5) is 15.0. The van der Waals surface area contributed by atoms with Gasteiger partial charge in [-0.05, 0) is 44.2 Å². The SMILES string of the molecule is COc1cc(OC)cc(N2CCC(NC(=O)C3CC34CCNCC4)C2)c1.Cl.Cl. The van der Waals surface area contributed by atoms with E-state index in [-0.39, 0.29) is 42.7 Å². The number of piperidine rings is 1. The van der Waals surface area contributed by atoms with Crippen LogP contribution in [0.25, 0.3) is 0 Å². The molecular formula is C20H31Cl2N3O3. The van der Waals surface area contributed by atoms with Crippen LogP contribution in [-0.4, -0.2) is 52.3 Å². The third kappa shape index (κ3) is 4.61. The number of rotatable bonds is 5. The van der Waals surface area contributed by atoms with Gasteiger partial charge in [0.2, 0.25) is 5.91 Å². The Kier molecular flexibility index (Phi) is 7.71. The summed E-state index contributed by atoms with van der Waals surface area (Å²) in [6.07, 6.45) is 4.34. The van der Waals surface area contributed by atoms with Gasteiger partial charge in [0.25, 0.3) is 0 Å². The molecular weight excluding hydrogens is 401 g/mol. The molecule has 4 rings (SSSR count). The van der Waals surface area contributed by atoms with Gasteiger partial charge >= 0.3 is 0 Å². The van der Waals surface area contributed by atoms with Crippen LogP contribution in [0.1, 0.15) is 25.7 Å². The van der Waals surface area contributed by atoms with E-state index in [9.17, 15) is 4.79 Å². The Morgan fingerprint density at radius 1 is 1.14 bits per heavy atom. The fraction of sp³-hybridized carbons (Fsp3) is 0.650. The van der Waals surface area contributed by atoms with Gasteiger partial charge in [-0.1, -0.05) is 0 Å². The van der Waals surface area contributed by atoms with Crippen LogP contribution in [0.15, 0.2) is 18.2 Å². The average molecular weight is 432 g/mol. The minimum absolute atomic E-state index is 0. The second-order valence-corrected chi connectivity index (χ2v) is 7.88. The average Bonchev–Trinajstić information content (AvgIpc) is 3.15. The molecule has 8 heteroatoms. The predicted molar refractivity (Wildman–Crippen MR) is 115 cm³/mol. The van der Waals surface area contributed by atoms with Crippen LogP contribution in [0.4, 0.5) is 5.69 Å². The normalized spacial score (nSPS) is 24.7. The molecule has 3 fully saturated rings. The first-order chi connectivity index (χ1) is 12.6. The van der Waals surface area contributed by atoms with Crippen LogP contribution in [0.2, 0.25) is 0 Å². The number of carbonyl (C=O) groups is 1. The molecule has 2 atom stereocenters. The molecule has 2 heterocycles. The van der Waals surface area contributed by atoms with Crippen LogP contribution in [0, 0.1) is 11.3 Å². The summed E-state index contributed by atoms with van der Waals surface area (Å²) in [5.74, 6) is 2.08. The zero-order valence-corrected chi connectivity index (χ0v) is 18.2. The third-order valence-corrected chi connectivity index (χ3v) is 6.34. The van der Waals surface area contributed by atoms with Crippen LogP contribution in [0.5, 0.6) is 11.5 Å². The van der Waals surface area contributed by atoms with Crippen LogP contribution >= 0.6 is 24.8 Å². The summed E-state index contributed by atoms with van der Waals surface area (Å²) in [5.41, 5.74) is 1.38. The number of hydrogen-bond donors (Lipinski definition) is 2. The van der Waals surface area contributed by atoms with E-state index in [0.29, 0.717) is 5.41 Å². The maximum atomic E-state index is 12.7. The first-order valence-electron chi connectivity index (χ1n) is 9.63. The lowest BCUT2D eigenvalue weighted by atomic mass is 9.91. The van der Waals surface area contributed by atoms with E-state index >= 15 is 0 Å². The summed E-state index contributed by atoms with van der Waals surface area (Å²) >= 11 is 0. The fourth-order valence-electron chi connectivity index (χ4n) is 4.59. The van der Waals surface area contributed by atoms with Gasteiger partial charge in [0.05, 0.1) is 14.2 Å². The first kappa shape index (κ1) is 22.9. The summed E-state index contributed by atoms with van der Waals surface area (Å²) < 4.78 is 10.7. The van der Waals surface area contributed by atoms with Crippen molar-refractivity contribution in [2.45, 2.75) is 31.7 Å². The number of ether oxygens (including phenoxy) is 2. The Morgan fingerprint density at radius 2 is 1.79 bits per heavy atom. The Labute approximate surface area is 179 Å². The van der Waals surface area contributed by atoms with Gasteiger partial charge in [0.1, 0.15) is 11.5 Å². The Hall–Kier alpha value is -1.37. The minimum Gasteiger partial charge on any atom is -0.497 e. The van der Waals surface area contributed by atoms with Crippen LogP contribution < -0.4 is 25.0 Å². The van der Waals surface area contributed by atoms with E-state index in [4.69, 9.17) is 9.47 Å². The Bertz CT molecular complexity index is 660. The molecule has 28 heavy (non-hydrogen) atoms. The zero-order valence-electron chi connectivity index (χ0n) is 16.5. The number of hydrogen-bond acceptors (Lipinski definition) is 5. The van der Waals surface area contributed by atoms with Crippen molar-refractivity contribution in [3.8, 4) is 11.5 Å². The van der Waals surface area contributed by atoms with E-state index in [2.05, 4.69) is 15.5 Å². The number of halogens is 2. The molecule has 0 aromatic heterocycles. The highest BCUT2D eigenvalue weighted by Crippen LogP contribution is 2.58. The van der Waals surface area contributed by atoms with Gasteiger partial charge < -0.3 is 25.0 Å². The molecule has 0 radical (unpaired) electrons. The summed E-state index contributed by atoms with van der Waals surface area (Å²) in [6.45, 7) is 3.88. The number of nitrogens with zero attached hydrogens (tertiary/aromatic N) is 1. The Morgan fingerprint density at radius 3 is 2.39 bits per heavy atom. The van der Waals surface area contributed by atoms with Crippen molar-refractivity contribution in [1.29, 1.82) is 0 Å². The topological polar surface area (TPSA) is 62.8 Å². The summed E-state index contributed by atoms with van der Waals surface area (Å²) in [7, 11) is 3.33. The van der Waals surface area contributed by atoms with Gasteiger partial charge in [-0.3, -0.25) is 4.79 Å². The van der Waals surface area contributed by atoms with E-state index in [1.807, 2.05) is 18.2 Å². The van der Waals surface area contributed by atoms with E-state index < -0.39 is 0 Å². The van der Waals surface area contributed by atoms with Gasteiger partial charge in [-0.2, -0.15) is 0 Å². The number of methoxy groups -OCH3 is 2. The molecule has 1 amide bonds. The highest BCUT2D eigenvalue weighted by Gasteiger charge is 2.57. The molecule has 6 nitrogen and oxygen atoms in total. The third-order valence-electron chi connectivity index (χ3n) is 6.34. The van der Waals surface area contributed by atoms with E-state index in [0.717, 1.165) is 69.0 Å². The van der Waals surface area contributed by atoms with Crippen molar-refractivity contribution in [2.24, 2.45) is 11.3 Å². The molecule has 2 saturated heterocycles. The molecule has 2 unspecified atom stereocenters. The lowest BCUT2D eigenvalue weighted by molar-refractivity contribution is -0.123. The number of benzene rings is 1. The van der Waals surface area contributed by atoms with Gasteiger partial charge in [-0.15, -0.1) is 24.8 Å². The largest absolute Gasteiger partial charge is 0.497 e. The lowest BCUT2D eigenvalue weighted by Crippen LogP contribution is -2.40. The number of nitrogens with one attached hydrogen (secondary N) is 2. The number of amides is 1. The fourth-order valence-corrected chi connectivity index (χ4v) is 4.59. The summed E-state index contributed by atoms with van der Waals surface area (Å²) in [5, 5.41) is 6.70. The highest BCUT2D eigenvalue weighted by atomic mass is 35.5. The van der Waals surface area contributed by atoms with Crippen molar-refractivity contribution >= 4 is 36.4 Å². The smallest absolute Gasteiger partial charge is 0.223 e. The second kappa shape index (κ2) is 9.42. The van der Waals surface area contributed by atoms with E-state index in [1.165, 1.54) is 0 Å². The maximum absolute atomic E-state index is 12.7. The van der Waals surface area contributed by atoms with Crippen LogP contribution in [0.3, 0.4) is 0 Å². The molecule has 2 N–H and O–H groups in total. The molecule has 1 aromatic carbocycles. The second-order valence-electron chi connectivity index (χ2n) is 7.88. The van der Waals surface area contributed by atoms with Gasteiger partial charge in [0.15, 0.2) is 0 Å². The molecule has 1 saturated carbocycles. The van der Waals surface area contributed by atoms with E-state index in [1.54, 1.807) is 14.2 Å². The minimum atomic E-state index is 0. The van der Waals surface area contributed by atoms with Gasteiger partial charge in [0, 0.05) is 48.9 Å². The molecule has 0 bridgehead atoms. The number of carbonyl (C=O) groups excluding carboxylic acids is 1. The molecule has 1 spiro atoms. The standard InChI is InChI=1S/C20H29N3O3.2ClH/c1-25-16-9-15(10-17(11-16)26-2)23-8-3-14(13-23)22-19(24)18-12-20(18)4-6-21-7-5-20;;/h9-11,14,18,21H,3-8,12-13H2,1-2H3,(H,22,24);2*1H. The van der Waals surface area contributed by atoms with Crippen molar-refractivity contribution in [3.05, 3.63) is 18.2 Å². The molecule has 1 aliphatic carbocycles. The van der Waals surface area contributed by atoms with Crippen molar-refractivity contribution < 1.29 is 14.3 Å². The molecule has 3 aliphatic rings. The highest BCUT2D eigenvalue weighted by molar-refractivity contribution is 5.85. The van der Waals surface area contributed by atoms with Crippen molar-refractivity contribution in [1.82, 2.24) is 10.6 Å². The molecule has 2 aliphatic heterocycles. The predicted octanol–water partition coefficient (Wildman–Crippen LogP) is 2.63. The lowest BCUT2D eigenvalue weighted by Gasteiger charge is -2.24. The molecule has 1 aromatic rings. The zero-order chi connectivity index (χ0) is 18.1. The monoisotopic (exact) mass is 431 g/mol. The van der Waals surface area contributed by atoms with Crippen molar-refractivity contribution in [2.75, 3.05) is 45.3 Å².